The summed E-state index contributed by atoms with van der Waals surface area (Å²) in [5.41, 5.74) is 0.830. The summed E-state index contributed by atoms with van der Waals surface area (Å²) in [4.78, 5) is 5.10. The van der Waals surface area contributed by atoms with Crippen molar-refractivity contribution in [3.63, 3.8) is 0 Å². The van der Waals surface area contributed by atoms with Crippen LogP contribution in [0.1, 0.15) is 11.8 Å². The first-order valence-electron chi connectivity index (χ1n) is 4.94. The van der Waals surface area contributed by atoms with Crippen LogP contribution in [0.25, 0.3) is 0 Å². The van der Waals surface area contributed by atoms with Gasteiger partial charge in [-0.05, 0) is 18.4 Å². The second kappa shape index (κ2) is 6.59. The van der Waals surface area contributed by atoms with Gasteiger partial charge in [-0.25, -0.2) is 0 Å². The maximum Gasteiger partial charge on any atom is 0.287 e. The van der Waals surface area contributed by atoms with E-state index in [1.54, 1.807) is 40.9 Å². The second-order valence-corrected chi connectivity index (χ2v) is 4.22. The van der Waals surface area contributed by atoms with Gasteiger partial charge in [0.05, 0.1) is 5.56 Å². The van der Waals surface area contributed by atoms with E-state index >= 15 is 0 Å². The molecule has 0 aliphatic heterocycles. The van der Waals surface area contributed by atoms with Crippen molar-refractivity contribution < 1.29 is 22.1 Å². The molecule has 0 radical (unpaired) electrons. The van der Waals surface area contributed by atoms with Crippen LogP contribution in [-0.2, 0) is 0 Å². The van der Waals surface area contributed by atoms with E-state index in [4.69, 9.17) is 0 Å². The van der Waals surface area contributed by atoms with Crippen molar-refractivity contribution in [2.24, 2.45) is 0 Å². The lowest BCUT2D eigenvalue weighted by Gasteiger charge is -2.05. The van der Waals surface area contributed by atoms with Gasteiger partial charge in [-0.15, -0.1) is 11.8 Å². The minimum atomic E-state index is -0.654. The van der Waals surface area contributed by atoms with Crippen LogP contribution in [0.3, 0.4) is 0 Å². The highest BCUT2D eigenvalue weighted by atomic mass is 35.5. The van der Waals surface area contributed by atoms with E-state index in [9.17, 15) is 5.11 Å². The Morgan fingerprint density at radius 1 is 1.18 bits per heavy atom. The summed E-state index contributed by atoms with van der Waals surface area (Å²) in [7, 11) is 0. The fourth-order valence-corrected chi connectivity index (χ4v) is 1.83. The van der Waals surface area contributed by atoms with Gasteiger partial charge in [-0.2, -0.15) is 4.57 Å². The third-order valence-corrected chi connectivity index (χ3v) is 3.09. The molecule has 0 aromatic carbocycles. The van der Waals surface area contributed by atoms with E-state index in [1.165, 1.54) is 4.90 Å². The van der Waals surface area contributed by atoms with Crippen LogP contribution in [-0.4, -0.2) is 16.3 Å². The number of hydrogen-bond donors (Lipinski definition) is 1. The Morgan fingerprint density at radius 2 is 1.76 bits per heavy atom. The molecule has 0 saturated heterocycles. The Balaban J connectivity index is 0.00000144. The van der Waals surface area contributed by atoms with Crippen molar-refractivity contribution in [1.82, 2.24) is 4.98 Å². The molecule has 0 amide bonds. The zero-order chi connectivity index (χ0) is 11.4. The topological polar surface area (TPSA) is 37.0 Å². The molecule has 1 atom stereocenters. The number of nitrogens with zero attached hydrogens (tertiary/aromatic N) is 2. The molecule has 0 saturated carbocycles. The van der Waals surface area contributed by atoms with Crippen LogP contribution in [0.4, 0.5) is 0 Å². The highest BCUT2D eigenvalue weighted by Gasteiger charge is 2.16. The molecule has 0 aliphatic rings. The molecule has 17 heavy (non-hydrogen) atoms. The number of rotatable bonds is 3. The summed E-state index contributed by atoms with van der Waals surface area (Å²) in [6.45, 7) is 0. The lowest BCUT2D eigenvalue weighted by atomic mass is 10.2. The fraction of sp³-hybridized carbons (Fsp3) is 0.167. The van der Waals surface area contributed by atoms with Crippen molar-refractivity contribution in [3.8, 4) is 0 Å². The molecule has 90 valence electrons. The van der Waals surface area contributed by atoms with Crippen LogP contribution >= 0.6 is 11.8 Å². The minimum absolute atomic E-state index is 0. The van der Waals surface area contributed by atoms with Gasteiger partial charge in [0.2, 0.25) is 0 Å². The van der Waals surface area contributed by atoms with Gasteiger partial charge in [-0.1, -0.05) is 0 Å². The minimum Gasteiger partial charge on any atom is -1.00 e. The van der Waals surface area contributed by atoms with E-state index in [2.05, 4.69) is 4.98 Å². The quantitative estimate of drug-likeness (QED) is 0.552. The molecule has 2 aromatic heterocycles. The lowest BCUT2D eigenvalue weighted by Crippen LogP contribution is -3.00. The first-order chi connectivity index (χ1) is 7.81. The number of aliphatic hydroxyl groups excluding tert-OH is 1. The molecule has 0 spiro atoms. The Hall–Kier alpha value is -1.10. The van der Waals surface area contributed by atoms with E-state index in [0.29, 0.717) is 0 Å². The maximum absolute atomic E-state index is 10.1. The SMILES string of the molecule is CSc1cc[n+](C(O)c2ccncc2)cc1.[Cl-]. The maximum atomic E-state index is 10.1. The molecule has 1 unspecified atom stereocenters. The average molecular weight is 269 g/mol. The van der Waals surface area contributed by atoms with Crippen molar-refractivity contribution in [2.45, 2.75) is 11.1 Å². The standard InChI is InChI=1S/C12H13N2OS.ClH/c1-16-11-4-8-14(9-5-11)12(15)10-2-6-13-7-3-10;/h2-9,12,15H,1H3;1H/q+1;/p-1. The zero-order valence-electron chi connectivity index (χ0n) is 9.32. The van der Waals surface area contributed by atoms with E-state index in [-0.39, 0.29) is 12.4 Å². The molecule has 2 aromatic rings. The van der Waals surface area contributed by atoms with Crippen LogP contribution in [0, 0.1) is 0 Å². The van der Waals surface area contributed by atoms with Crippen molar-refractivity contribution in [3.05, 3.63) is 54.6 Å². The van der Waals surface area contributed by atoms with Gasteiger partial charge in [0.1, 0.15) is 0 Å². The third kappa shape index (κ3) is 3.43. The predicted octanol–water partition coefficient (Wildman–Crippen LogP) is -1.37. The third-order valence-electron chi connectivity index (χ3n) is 2.34. The Morgan fingerprint density at radius 3 is 2.29 bits per heavy atom. The van der Waals surface area contributed by atoms with Gasteiger partial charge >= 0.3 is 0 Å². The largest absolute Gasteiger partial charge is 1.00 e. The first kappa shape index (κ1) is 14.0. The van der Waals surface area contributed by atoms with Crippen LogP contribution in [0.15, 0.2) is 53.9 Å². The number of aromatic nitrogens is 2. The Kier molecular flexibility index (Phi) is 5.41. The molecular weight excluding hydrogens is 256 g/mol. The highest BCUT2D eigenvalue weighted by Crippen LogP contribution is 2.12. The smallest absolute Gasteiger partial charge is 0.287 e. The second-order valence-electron chi connectivity index (χ2n) is 3.34. The van der Waals surface area contributed by atoms with E-state index in [0.717, 1.165) is 5.56 Å². The summed E-state index contributed by atoms with van der Waals surface area (Å²) >= 11 is 1.68. The van der Waals surface area contributed by atoms with Gasteiger partial charge < -0.3 is 17.5 Å². The van der Waals surface area contributed by atoms with E-state index in [1.807, 2.05) is 30.8 Å². The van der Waals surface area contributed by atoms with Gasteiger partial charge in [-0.3, -0.25) is 4.98 Å². The molecule has 0 aliphatic carbocycles. The molecule has 3 nitrogen and oxygen atoms in total. The number of hydrogen-bond acceptors (Lipinski definition) is 3. The molecule has 0 fully saturated rings. The number of halogens is 1. The fourth-order valence-electron chi connectivity index (χ4n) is 1.43. The summed E-state index contributed by atoms with van der Waals surface area (Å²) in [6.07, 6.45) is 8.47. The molecule has 2 heterocycles. The Labute approximate surface area is 111 Å². The monoisotopic (exact) mass is 268 g/mol. The first-order valence-corrected chi connectivity index (χ1v) is 6.16. The Bertz CT molecular complexity index is 450. The molecule has 5 heteroatoms. The lowest BCUT2D eigenvalue weighted by molar-refractivity contribution is -0.749. The summed E-state index contributed by atoms with van der Waals surface area (Å²) in [5.74, 6) is 0. The van der Waals surface area contributed by atoms with E-state index < -0.39 is 6.23 Å². The summed E-state index contributed by atoms with van der Waals surface area (Å²) < 4.78 is 1.76. The number of aliphatic hydroxyl groups is 1. The van der Waals surface area contributed by atoms with Gasteiger partial charge in [0.15, 0.2) is 12.4 Å². The summed E-state index contributed by atoms with van der Waals surface area (Å²) in [5, 5.41) is 10.1. The zero-order valence-corrected chi connectivity index (χ0v) is 10.9. The summed E-state index contributed by atoms with van der Waals surface area (Å²) in [6, 6.07) is 7.57. The normalized spacial score (nSPS) is 11.6. The van der Waals surface area contributed by atoms with Crippen molar-refractivity contribution >= 4 is 11.8 Å². The van der Waals surface area contributed by atoms with Crippen molar-refractivity contribution in [2.75, 3.05) is 6.26 Å². The molecule has 0 bridgehead atoms. The number of thioether (sulfide) groups is 1. The van der Waals surface area contributed by atoms with Crippen LogP contribution in [0.2, 0.25) is 0 Å². The van der Waals surface area contributed by atoms with Crippen LogP contribution in [0.5, 0.6) is 0 Å². The van der Waals surface area contributed by atoms with Gasteiger partial charge in [0.25, 0.3) is 6.23 Å². The molecule has 2 rings (SSSR count). The van der Waals surface area contributed by atoms with Gasteiger partial charge in [0, 0.05) is 29.4 Å². The predicted molar refractivity (Wildman–Crippen MR) is 63.0 cm³/mol. The van der Waals surface area contributed by atoms with Crippen molar-refractivity contribution in [1.29, 1.82) is 0 Å². The highest BCUT2D eigenvalue weighted by molar-refractivity contribution is 7.98. The van der Waals surface area contributed by atoms with Crippen LogP contribution < -0.4 is 17.0 Å². The molecule has 1 N–H and O–H groups in total. The number of pyridine rings is 2. The average Bonchev–Trinajstić information content (AvgIpc) is 2.39. The molecular formula is C12H13ClN2OS.